The molecule has 0 bridgehead atoms. The zero-order valence-corrected chi connectivity index (χ0v) is 20.2. The van der Waals surface area contributed by atoms with Gasteiger partial charge in [-0.25, -0.2) is 15.0 Å². The van der Waals surface area contributed by atoms with E-state index in [1.807, 2.05) is 56.7 Å². The summed E-state index contributed by atoms with van der Waals surface area (Å²) < 4.78 is 15.4. The fraction of sp³-hybridized carbons (Fsp3) is 0.280. The number of nitrogens with one attached hydrogen (secondary N) is 1. The van der Waals surface area contributed by atoms with Crippen molar-refractivity contribution in [3.05, 3.63) is 55.1 Å². The van der Waals surface area contributed by atoms with E-state index in [-0.39, 0.29) is 12.4 Å². The average molecular weight is 503 g/mol. The van der Waals surface area contributed by atoms with Crippen molar-refractivity contribution < 1.29 is 19.7 Å². The highest BCUT2D eigenvalue weighted by molar-refractivity contribution is 5.99. The summed E-state index contributed by atoms with van der Waals surface area (Å²) in [7, 11) is 3.63. The topological polar surface area (TPSA) is 158 Å². The first-order valence-corrected chi connectivity index (χ1v) is 11.8. The summed E-state index contributed by atoms with van der Waals surface area (Å²) in [4.78, 5) is 13.0. The van der Waals surface area contributed by atoms with Crippen LogP contribution in [0.1, 0.15) is 6.23 Å². The number of fused-ring (bicyclic) bond motifs is 2. The number of benzene rings is 1. The van der Waals surface area contributed by atoms with Crippen molar-refractivity contribution in [1.29, 1.82) is 0 Å². The first-order chi connectivity index (χ1) is 17.9. The first-order valence-electron chi connectivity index (χ1n) is 11.8. The highest BCUT2D eigenvalue weighted by atomic mass is 16.6. The Bertz CT molecular complexity index is 1600. The molecule has 0 saturated carbocycles. The number of aromatic nitrogens is 6. The molecule has 1 aliphatic rings. The van der Waals surface area contributed by atoms with Crippen molar-refractivity contribution in [2.45, 2.75) is 24.5 Å². The van der Waals surface area contributed by atoms with Crippen LogP contribution in [0, 0.1) is 0 Å². The van der Waals surface area contributed by atoms with Gasteiger partial charge in [0.1, 0.15) is 54.3 Å². The minimum Gasteiger partial charge on any atom is -0.491 e. The third kappa shape index (κ3) is 4.00. The van der Waals surface area contributed by atoms with Crippen LogP contribution in [-0.2, 0) is 11.8 Å². The number of nitrogens with two attached hydrogens (primary N) is 1. The summed E-state index contributed by atoms with van der Waals surface area (Å²) in [6, 6.07) is 11.3. The molecule has 4 aromatic heterocycles. The first kappa shape index (κ1) is 23.2. The van der Waals surface area contributed by atoms with E-state index in [1.165, 1.54) is 6.33 Å². The number of pyridine rings is 1. The van der Waals surface area contributed by atoms with Crippen LogP contribution in [0.5, 0.6) is 5.75 Å². The van der Waals surface area contributed by atoms with Gasteiger partial charge in [-0.3, -0.25) is 4.68 Å². The summed E-state index contributed by atoms with van der Waals surface area (Å²) in [5.41, 5.74) is 8.80. The number of nitrogen functional groups attached to an aromatic ring is 1. The van der Waals surface area contributed by atoms with Crippen LogP contribution < -0.4 is 15.8 Å². The molecular weight excluding hydrogens is 476 g/mol. The molecule has 5 aromatic rings. The Morgan fingerprint density at radius 2 is 1.97 bits per heavy atom. The molecule has 5 heterocycles. The van der Waals surface area contributed by atoms with Crippen LogP contribution in [0.3, 0.4) is 0 Å². The summed E-state index contributed by atoms with van der Waals surface area (Å²) in [6.07, 6.45) is 0.802. The van der Waals surface area contributed by atoms with E-state index in [2.05, 4.69) is 25.4 Å². The summed E-state index contributed by atoms with van der Waals surface area (Å²) in [5.74, 6) is 1.61. The molecular formula is C25H26N8O4. The second kappa shape index (κ2) is 9.00. The minimum atomic E-state index is -1.23. The highest BCUT2D eigenvalue weighted by Gasteiger charge is 2.45. The lowest BCUT2D eigenvalue weighted by atomic mass is 10.1. The minimum absolute atomic E-state index is 0.0232. The number of aliphatic hydroxyl groups is 2. The Morgan fingerprint density at radius 1 is 1.14 bits per heavy atom. The van der Waals surface area contributed by atoms with Gasteiger partial charge in [0.2, 0.25) is 0 Å². The number of ether oxygens (including phenoxy) is 2. The van der Waals surface area contributed by atoms with Crippen molar-refractivity contribution in [2.24, 2.45) is 7.05 Å². The molecule has 0 radical (unpaired) electrons. The molecule has 37 heavy (non-hydrogen) atoms. The lowest BCUT2D eigenvalue weighted by Crippen LogP contribution is -2.34. The molecule has 1 fully saturated rings. The number of nitrogens with zero attached hydrogens (tertiary/aromatic N) is 6. The normalized spacial score (nSPS) is 21.6. The zero-order valence-electron chi connectivity index (χ0n) is 20.2. The SMILES string of the molecule is CNc1ccc2ccc(OC[C@H]3O[C@@H](n4cc(-c5ccn(C)n5)c5c(N)ncnc54)[C@H](O)[C@@H]3O)cc2n1. The van der Waals surface area contributed by atoms with Crippen molar-refractivity contribution >= 4 is 33.6 Å². The van der Waals surface area contributed by atoms with Crippen molar-refractivity contribution in [3.63, 3.8) is 0 Å². The Balaban J connectivity index is 1.27. The molecule has 0 spiro atoms. The molecule has 0 amide bonds. The average Bonchev–Trinajstić information content (AvgIpc) is 3.59. The Kier molecular flexibility index (Phi) is 5.63. The van der Waals surface area contributed by atoms with Gasteiger partial charge in [0, 0.05) is 43.5 Å². The van der Waals surface area contributed by atoms with Gasteiger partial charge in [-0.2, -0.15) is 5.10 Å². The van der Waals surface area contributed by atoms with E-state index < -0.39 is 24.5 Å². The van der Waals surface area contributed by atoms with E-state index in [0.29, 0.717) is 28.0 Å². The predicted octanol–water partition coefficient (Wildman–Crippen LogP) is 1.70. The maximum Gasteiger partial charge on any atom is 0.164 e. The van der Waals surface area contributed by atoms with Gasteiger partial charge >= 0.3 is 0 Å². The van der Waals surface area contributed by atoms with Gasteiger partial charge in [0.15, 0.2) is 6.23 Å². The molecule has 12 heteroatoms. The quantitative estimate of drug-likeness (QED) is 0.269. The van der Waals surface area contributed by atoms with Gasteiger partial charge in [-0.1, -0.05) is 0 Å². The van der Waals surface area contributed by atoms with Gasteiger partial charge in [0.05, 0.1) is 16.6 Å². The molecule has 4 atom stereocenters. The Labute approximate surface area is 211 Å². The highest BCUT2D eigenvalue weighted by Crippen LogP contribution is 2.38. The zero-order chi connectivity index (χ0) is 25.7. The van der Waals surface area contributed by atoms with E-state index >= 15 is 0 Å². The Morgan fingerprint density at radius 3 is 2.76 bits per heavy atom. The van der Waals surface area contributed by atoms with Crippen molar-refractivity contribution in [2.75, 3.05) is 24.7 Å². The van der Waals surface area contributed by atoms with E-state index in [0.717, 1.165) is 16.7 Å². The van der Waals surface area contributed by atoms with Gasteiger partial charge in [-0.15, -0.1) is 0 Å². The standard InChI is InChI=1S/C25H26N8O4/c1-27-19-6-4-13-3-5-14(9-17(13)30-19)36-11-18-21(34)22(35)25(37-18)33-10-15(16-7-8-32(2)31-16)20-23(26)28-12-29-24(20)33/h3-10,12,18,21-22,25,34-35H,11H2,1-2H3,(H,27,30)(H2,26,28,29)/t18-,21-,22-,25-/m1/s1. The predicted molar refractivity (Wildman–Crippen MR) is 137 cm³/mol. The third-order valence-corrected chi connectivity index (χ3v) is 6.57. The lowest BCUT2D eigenvalue weighted by Gasteiger charge is -2.17. The largest absolute Gasteiger partial charge is 0.491 e. The van der Waals surface area contributed by atoms with Crippen molar-refractivity contribution in [3.8, 4) is 17.0 Å². The molecule has 1 aromatic carbocycles. The maximum absolute atomic E-state index is 10.9. The molecule has 1 aliphatic heterocycles. The fourth-order valence-corrected chi connectivity index (χ4v) is 4.66. The third-order valence-electron chi connectivity index (χ3n) is 6.57. The molecule has 5 N–H and O–H groups in total. The Hall–Kier alpha value is -4.26. The fourth-order valence-electron chi connectivity index (χ4n) is 4.66. The summed E-state index contributed by atoms with van der Waals surface area (Å²) in [6.45, 7) is 0.0232. The summed E-state index contributed by atoms with van der Waals surface area (Å²) in [5, 5.41) is 30.8. The van der Waals surface area contributed by atoms with Crippen LogP contribution in [-0.4, -0.2) is 71.5 Å². The summed E-state index contributed by atoms with van der Waals surface area (Å²) >= 11 is 0. The van der Waals surface area contributed by atoms with E-state index in [1.54, 1.807) is 15.4 Å². The number of anilines is 2. The van der Waals surface area contributed by atoms with Crippen LogP contribution in [0.15, 0.2) is 55.1 Å². The molecule has 1 saturated heterocycles. The molecule has 0 unspecified atom stereocenters. The number of hydrogen-bond donors (Lipinski definition) is 4. The van der Waals surface area contributed by atoms with Gasteiger partial charge in [-0.05, 0) is 30.3 Å². The second-order valence-corrected chi connectivity index (χ2v) is 8.94. The number of aryl methyl sites for hydroxylation is 1. The smallest absolute Gasteiger partial charge is 0.164 e. The van der Waals surface area contributed by atoms with Crippen LogP contribution in [0.25, 0.3) is 33.2 Å². The molecule has 6 rings (SSSR count). The lowest BCUT2D eigenvalue weighted by molar-refractivity contribution is -0.0471. The second-order valence-electron chi connectivity index (χ2n) is 8.94. The molecule has 0 aliphatic carbocycles. The monoisotopic (exact) mass is 502 g/mol. The van der Waals surface area contributed by atoms with Gasteiger partial charge in [0.25, 0.3) is 0 Å². The number of hydrogen-bond acceptors (Lipinski definition) is 10. The van der Waals surface area contributed by atoms with Crippen LogP contribution in [0.2, 0.25) is 0 Å². The van der Waals surface area contributed by atoms with Crippen LogP contribution in [0.4, 0.5) is 11.6 Å². The number of aliphatic hydroxyl groups excluding tert-OH is 2. The van der Waals surface area contributed by atoms with Gasteiger partial charge < -0.3 is 35.3 Å². The number of rotatable bonds is 6. The van der Waals surface area contributed by atoms with Crippen molar-refractivity contribution in [1.82, 2.24) is 29.3 Å². The van der Waals surface area contributed by atoms with E-state index in [9.17, 15) is 10.2 Å². The van der Waals surface area contributed by atoms with E-state index in [4.69, 9.17) is 15.2 Å². The molecule has 190 valence electrons. The maximum atomic E-state index is 10.9. The molecule has 12 nitrogen and oxygen atoms in total. The van der Waals surface area contributed by atoms with Crippen LogP contribution >= 0.6 is 0 Å².